The van der Waals surface area contributed by atoms with Crippen molar-refractivity contribution in [3.8, 4) is 0 Å². The van der Waals surface area contributed by atoms with E-state index in [0.717, 1.165) is 0 Å². The van der Waals surface area contributed by atoms with E-state index in [9.17, 15) is 0 Å². The van der Waals surface area contributed by atoms with Crippen LogP contribution in [-0.2, 0) is 0 Å². The fraction of sp³-hybridized carbons (Fsp3) is 0.172. The molecule has 0 bridgehead atoms. The van der Waals surface area contributed by atoms with Crippen molar-refractivity contribution >= 4 is 55.9 Å². The number of benzene rings is 3. The molecule has 6 rings (SSSR count). The van der Waals surface area contributed by atoms with Gasteiger partial charge in [-0.2, -0.15) is 0 Å². The van der Waals surface area contributed by atoms with Gasteiger partial charge in [0.1, 0.15) is 0 Å². The van der Waals surface area contributed by atoms with Gasteiger partial charge in [-0.1, -0.05) is 122 Å². The summed E-state index contributed by atoms with van der Waals surface area (Å²) in [4.78, 5) is 0. The number of hydrogen-bond acceptors (Lipinski definition) is 0. The zero-order chi connectivity index (χ0) is 20.1. The molecule has 0 N–H and O–H groups in total. The molecule has 31 heavy (non-hydrogen) atoms. The molecular formula is C29H27NaSi. The van der Waals surface area contributed by atoms with Gasteiger partial charge in [0, 0.05) is 0 Å². The summed E-state index contributed by atoms with van der Waals surface area (Å²) >= 11 is 0. The molecule has 3 aromatic rings. The van der Waals surface area contributed by atoms with Crippen molar-refractivity contribution in [2.45, 2.75) is 29.6 Å². The summed E-state index contributed by atoms with van der Waals surface area (Å²) in [6.45, 7) is 2.46. The quantitative estimate of drug-likeness (QED) is 0.400. The van der Waals surface area contributed by atoms with Crippen molar-refractivity contribution in [3.05, 3.63) is 124 Å². The van der Waals surface area contributed by atoms with Crippen molar-refractivity contribution in [2.75, 3.05) is 0 Å². The predicted molar refractivity (Wildman–Crippen MR) is 138 cm³/mol. The Hall–Kier alpha value is -1.90. The second-order valence-electron chi connectivity index (χ2n) is 8.86. The van der Waals surface area contributed by atoms with E-state index in [1.807, 2.05) is 0 Å². The minimum absolute atomic E-state index is 0. The van der Waals surface area contributed by atoms with Crippen LogP contribution in [0.3, 0.4) is 0 Å². The van der Waals surface area contributed by atoms with E-state index in [2.05, 4.69) is 116 Å². The fourth-order valence-electron chi connectivity index (χ4n) is 6.39. The first-order chi connectivity index (χ1) is 14.8. The number of fused-ring (bicyclic) bond motifs is 3. The molecule has 0 saturated carbocycles. The van der Waals surface area contributed by atoms with Gasteiger partial charge >= 0.3 is 29.6 Å². The van der Waals surface area contributed by atoms with E-state index in [0.29, 0.717) is 16.6 Å². The van der Waals surface area contributed by atoms with Crippen molar-refractivity contribution in [2.24, 2.45) is 0 Å². The molecule has 0 aromatic heterocycles. The molecule has 0 nitrogen and oxygen atoms in total. The summed E-state index contributed by atoms with van der Waals surface area (Å²) in [6, 6.07) is 28.5. The molecule has 3 aromatic carbocycles. The zero-order valence-corrected chi connectivity index (χ0v) is 18.3. The Morgan fingerprint density at radius 3 is 1.19 bits per heavy atom. The van der Waals surface area contributed by atoms with Gasteiger partial charge in [0.2, 0.25) is 0 Å². The Balaban J connectivity index is 0.00000204. The first-order valence-corrected chi connectivity index (χ1v) is 13.6. The van der Waals surface area contributed by atoms with E-state index in [4.69, 9.17) is 0 Å². The van der Waals surface area contributed by atoms with Gasteiger partial charge in [0.15, 0.2) is 0 Å². The third-order valence-electron chi connectivity index (χ3n) is 7.75. The molecule has 0 heterocycles. The Labute approximate surface area is 208 Å². The van der Waals surface area contributed by atoms with E-state index in [1.165, 1.54) is 22.7 Å². The normalized spacial score (nSPS) is 23.7. The van der Waals surface area contributed by atoms with Gasteiger partial charge in [0.25, 0.3) is 0 Å². The molecule has 3 aliphatic rings. The SMILES string of the molecule is CC[Si](C1C=Cc2ccccc21)(C1C=Cc2ccccc21)C1C=Cc2ccccc21.[NaH]. The van der Waals surface area contributed by atoms with Gasteiger partial charge in [0.05, 0.1) is 8.07 Å². The fourth-order valence-corrected chi connectivity index (χ4v) is 12.8. The molecule has 0 amide bonds. The topological polar surface area (TPSA) is 0 Å². The molecule has 3 atom stereocenters. The molecule has 0 aliphatic heterocycles. The third kappa shape index (κ3) is 3.06. The van der Waals surface area contributed by atoms with Crippen molar-refractivity contribution in [1.82, 2.24) is 0 Å². The van der Waals surface area contributed by atoms with E-state index in [-0.39, 0.29) is 29.6 Å². The standard InChI is InChI=1S/C29H26Si.Na.H/c1-2-30(27-18-15-21-9-3-6-12-24(21)27,28-19-16-22-10-4-7-13-25(22)28)29-20-17-23-11-5-8-14-26(23)29;;/h3-20,27-29H,2H2,1H3;;. The molecule has 3 aliphatic carbocycles. The Morgan fingerprint density at radius 2 is 0.871 bits per heavy atom. The summed E-state index contributed by atoms with van der Waals surface area (Å²) in [7, 11) is -1.98. The summed E-state index contributed by atoms with van der Waals surface area (Å²) in [5.74, 6) is 0. The van der Waals surface area contributed by atoms with Gasteiger partial charge in [-0.15, -0.1) is 0 Å². The summed E-state index contributed by atoms with van der Waals surface area (Å²) in [5, 5.41) is 0. The van der Waals surface area contributed by atoms with Gasteiger partial charge in [-0.25, -0.2) is 0 Å². The molecule has 2 heteroatoms. The third-order valence-corrected chi connectivity index (χ3v) is 14.0. The van der Waals surface area contributed by atoms with Crippen LogP contribution in [0.1, 0.15) is 56.9 Å². The monoisotopic (exact) mass is 426 g/mol. The zero-order valence-electron chi connectivity index (χ0n) is 17.3. The summed E-state index contributed by atoms with van der Waals surface area (Å²) < 4.78 is 0. The van der Waals surface area contributed by atoms with Crippen LogP contribution in [-0.4, -0.2) is 37.6 Å². The second kappa shape index (κ2) is 8.22. The number of rotatable bonds is 4. The van der Waals surface area contributed by atoms with E-state index < -0.39 is 8.07 Å². The molecule has 0 fully saturated rings. The average molecular weight is 427 g/mol. The van der Waals surface area contributed by atoms with Gasteiger partial charge < -0.3 is 0 Å². The van der Waals surface area contributed by atoms with Crippen molar-refractivity contribution < 1.29 is 0 Å². The maximum atomic E-state index is 2.55. The Kier molecular flexibility index (Phi) is 5.56. The molecule has 0 radical (unpaired) electrons. The van der Waals surface area contributed by atoms with Gasteiger partial charge in [-0.05, 0) is 50.0 Å². The first kappa shape index (κ1) is 21.0. The van der Waals surface area contributed by atoms with Crippen LogP contribution in [0.25, 0.3) is 18.2 Å². The summed E-state index contributed by atoms with van der Waals surface area (Å²) in [6.07, 6.45) is 14.8. The van der Waals surface area contributed by atoms with E-state index >= 15 is 0 Å². The first-order valence-electron chi connectivity index (χ1n) is 11.1. The van der Waals surface area contributed by atoms with Crippen molar-refractivity contribution in [3.63, 3.8) is 0 Å². The van der Waals surface area contributed by atoms with Crippen LogP contribution in [0.2, 0.25) is 6.04 Å². The van der Waals surface area contributed by atoms with Crippen LogP contribution >= 0.6 is 0 Å². The Morgan fingerprint density at radius 1 is 0.548 bits per heavy atom. The molecule has 0 spiro atoms. The summed E-state index contributed by atoms with van der Waals surface area (Å²) in [5.41, 5.74) is 10.5. The van der Waals surface area contributed by atoms with Crippen LogP contribution in [0, 0.1) is 0 Å². The molecule has 3 unspecified atom stereocenters. The van der Waals surface area contributed by atoms with Gasteiger partial charge in [-0.3, -0.25) is 0 Å². The average Bonchev–Trinajstić information content (AvgIpc) is 3.53. The molecule has 0 saturated heterocycles. The van der Waals surface area contributed by atoms with Crippen LogP contribution < -0.4 is 0 Å². The second-order valence-corrected chi connectivity index (χ2v) is 13.7. The van der Waals surface area contributed by atoms with Crippen LogP contribution in [0.5, 0.6) is 0 Å². The van der Waals surface area contributed by atoms with Crippen molar-refractivity contribution in [1.29, 1.82) is 0 Å². The number of allylic oxidation sites excluding steroid dienone is 3. The maximum absolute atomic E-state index is 2.55. The molecular weight excluding hydrogens is 399 g/mol. The van der Waals surface area contributed by atoms with Crippen LogP contribution in [0.15, 0.2) is 91.0 Å². The number of hydrogen-bond donors (Lipinski definition) is 0. The van der Waals surface area contributed by atoms with Crippen LogP contribution in [0.4, 0.5) is 0 Å². The Bertz CT molecular complexity index is 1070. The molecule has 148 valence electrons. The van der Waals surface area contributed by atoms with E-state index in [1.54, 1.807) is 16.7 Å². The predicted octanol–water partition coefficient (Wildman–Crippen LogP) is 6.86. The minimum atomic E-state index is -1.98.